The van der Waals surface area contributed by atoms with Gasteiger partial charge in [-0.25, -0.2) is 0 Å². The summed E-state index contributed by atoms with van der Waals surface area (Å²) in [5.41, 5.74) is 6.33. The van der Waals surface area contributed by atoms with Gasteiger partial charge in [-0.3, -0.25) is 4.90 Å². The van der Waals surface area contributed by atoms with Crippen molar-refractivity contribution < 1.29 is 4.74 Å². The van der Waals surface area contributed by atoms with Crippen molar-refractivity contribution >= 4 is 0 Å². The summed E-state index contributed by atoms with van der Waals surface area (Å²) in [6.07, 6.45) is 8.05. The van der Waals surface area contributed by atoms with Crippen LogP contribution in [0, 0.1) is 5.92 Å². The molecule has 1 saturated heterocycles. The predicted molar refractivity (Wildman–Crippen MR) is 71.0 cm³/mol. The Kier molecular flexibility index (Phi) is 4.83. The van der Waals surface area contributed by atoms with Gasteiger partial charge in [0.15, 0.2) is 0 Å². The first kappa shape index (κ1) is 13.3. The fourth-order valence-electron chi connectivity index (χ4n) is 3.51. The van der Waals surface area contributed by atoms with E-state index in [-0.39, 0.29) is 0 Å². The zero-order valence-electron chi connectivity index (χ0n) is 11.4. The summed E-state index contributed by atoms with van der Waals surface area (Å²) in [7, 11) is 1.84. The molecule has 2 fully saturated rings. The molecule has 17 heavy (non-hydrogen) atoms. The number of nitrogens with two attached hydrogens (primary N) is 1. The zero-order valence-corrected chi connectivity index (χ0v) is 11.4. The number of hydrogen-bond donors (Lipinski definition) is 1. The maximum Gasteiger partial charge on any atom is 0.0698 e. The lowest BCUT2D eigenvalue weighted by Crippen LogP contribution is -2.55. The van der Waals surface area contributed by atoms with Crippen LogP contribution >= 0.6 is 0 Å². The third-order valence-corrected chi connectivity index (χ3v) is 4.77. The highest BCUT2D eigenvalue weighted by Gasteiger charge is 2.34. The number of methoxy groups -OCH3 is 1. The van der Waals surface area contributed by atoms with Crippen LogP contribution in [0.4, 0.5) is 0 Å². The van der Waals surface area contributed by atoms with Crippen LogP contribution < -0.4 is 5.73 Å². The number of rotatable bonds is 3. The highest BCUT2D eigenvalue weighted by molar-refractivity contribution is 4.91. The number of nitrogens with zero attached hydrogens (tertiary/aromatic N) is 1. The van der Waals surface area contributed by atoms with Gasteiger partial charge in [0.2, 0.25) is 0 Å². The molecule has 2 aliphatic rings. The van der Waals surface area contributed by atoms with Crippen LogP contribution in [0.3, 0.4) is 0 Å². The summed E-state index contributed by atoms with van der Waals surface area (Å²) in [6.45, 7) is 4.62. The van der Waals surface area contributed by atoms with Crippen molar-refractivity contribution in [2.45, 2.75) is 63.6 Å². The Bertz CT molecular complexity index is 234. The molecule has 3 heteroatoms. The highest BCUT2D eigenvalue weighted by Crippen LogP contribution is 2.30. The van der Waals surface area contributed by atoms with Crippen molar-refractivity contribution in [3.05, 3.63) is 0 Å². The van der Waals surface area contributed by atoms with Gasteiger partial charge in [0.1, 0.15) is 0 Å². The van der Waals surface area contributed by atoms with Gasteiger partial charge in [-0.15, -0.1) is 0 Å². The molecule has 1 aliphatic heterocycles. The Balaban J connectivity index is 1.94. The van der Waals surface area contributed by atoms with Gasteiger partial charge in [0.05, 0.1) is 6.10 Å². The molecule has 0 aromatic carbocycles. The molecule has 1 saturated carbocycles. The van der Waals surface area contributed by atoms with E-state index in [0.717, 1.165) is 12.5 Å². The minimum atomic E-state index is 0.383. The fraction of sp³-hybridized carbons (Fsp3) is 1.00. The maximum absolute atomic E-state index is 6.33. The van der Waals surface area contributed by atoms with Gasteiger partial charge in [0, 0.05) is 25.7 Å². The predicted octanol–water partition coefficient (Wildman–Crippen LogP) is 2.00. The largest absolute Gasteiger partial charge is 0.380 e. The van der Waals surface area contributed by atoms with E-state index in [9.17, 15) is 0 Å². The first-order chi connectivity index (χ1) is 8.24. The molecule has 0 radical (unpaired) electrons. The second-order valence-electron chi connectivity index (χ2n) is 5.81. The minimum Gasteiger partial charge on any atom is -0.380 e. The lowest BCUT2D eigenvalue weighted by Gasteiger charge is -2.44. The second-order valence-corrected chi connectivity index (χ2v) is 5.81. The first-order valence-corrected chi connectivity index (χ1v) is 7.27. The molecular weight excluding hydrogens is 212 g/mol. The summed E-state index contributed by atoms with van der Waals surface area (Å²) in [5.74, 6) is 0.891. The van der Waals surface area contributed by atoms with Crippen LogP contribution in [0.2, 0.25) is 0 Å². The third-order valence-electron chi connectivity index (χ3n) is 4.77. The lowest BCUT2D eigenvalue weighted by atomic mass is 9.80. The molecule has 0 amide bonds. The molecular formula is C14H28N2O. The molecule has 100 valence electrons. The summed E-state index contributed by atoms with van der Waals surface area (Å²) >= 11 is 0. The van der Waals surface area contributed by atoms with E-state index in [4.69, 9.17) is 10.5 Å². The normalized spacial score (nSPS) is 40.4. The Morgan fingerprint density at radius 1 is 1.29 bits per heavy atom. The molecule has 0 aromatic rings. The van der Waals surface area contributed by atoms with E-state index < -0.39 is 0 Å². The van der Waals surface area contributed by atoms with E-state index in [1.54, 1.807) is 0 Å². The maximum atomic E-state index is 6.33. The summed E-state index contributed by atoms with van der Waals surface area (Å²) in [6, 6.07) is 0.986. The average molecular weight is 240 g/mol. The molecule has 4 unspecified atom stereocenters. The molecule has 0 aromatic heterocycles. The first-order valence-electron chi connectivity index (χ1n) is 7.27. The van der Waals surface area contributed by atoms with E-state index in [1.165, 1.54) is 45.1 Å². The molecule has 4 atom stereocenters. The fourth-order valence-corrected chi connectivity index (χ4v) is 3.51. The van der Waals surface area contributed by atoms with Gasteiger partial charge in [-0.2, -0.15) is 0 Å². The van der Waals surface area contributed by atoms with E-state index in [2.05, 4.69) is 11.8 Å². The monoisotopic (exact) mass is 240 g/mol. The Morgan fingerprint density at radius 2 is 2.12 bits per heavy atom. The zero-order chi connectivity index (χ0) is 12.3. The van der Waals surface area contributed by atoms with Crippen LogP contribution in [0.15, 0.2) is 0 Å². The lowest BCUT2D eigenvalue weighted by molar-refractivity contribution is -0.00211. The van der Waals surface area contributed by atoms with Gasteiger partial charge < -0.3 is 10.5 Å². The number of ether oxygens (including phenoxy) is 1. The standard InChI is InChI=1S/C14H28N2O/c1-3-11-6-7-13(15)14(9-11)16-8-4-5-12(10-16)17-2/h11-14H,3-10,15H2,1-2H3. The van der Waals surface area contributed by atoms with E-state index in [0.29, 0.717) is 18.2 Å². The third kappa shape index (κ3) is 3.21. The minimum absolute atomic E-state index is 0.383. The molecule has 0 spiro atoms. The van der Waals surface area contributed by atoms with Crippen molar-refractivity contribution in [3.8, 4) is 0 Å². The number of hydrogen-bond acceptors (Lipinski definition) is 3. The Labute approximate surface area is 106 Å². The van der Waals surface area contributed by atoms with Crippen LogP contribution in [0.25, 0.3) is 0 Å². The van der Waals surface area contributed by atoms with Gasteiger partial charge in [-0.1, -0.05) is 13.3 Å². The molecule has 1 heterocycles. The Hall–Kier alpha value is -0.120. The molecule has 2 rings (SSSR count). The van der Waals surface area contributed by atoms with Crippen LogP contribution in [-0.4, -0.2) is 43.3 Å². The molecule has 2 N–H and O–H groups in total. The number of likely N-dealkylation sites (tertiary alicyclic amines) is 1. The molecule has 1 aliphatic carbocycles. The van der Waals surface area contributed by atoms with Gasteiger partial charge >= 0.3 is 0 Å². The van der Waals surface area contributed by atoms with Crippen molar-refractivity contribution in [1.29, 1.82) is 0 Å². The Morgan fingerprint density at radius 3 is 2.82 bits per heavy atom. The molecule has 0 bridgehead atoms. The summed E-state index contributed by atoms with van der Waals surface area (Å²) in [4.78, 5) is 2.60. The van der Waals surface area contributed by atoms with Crippen molar-refractivity contribution in [1.82, 2.24) is 4.90 Å². The smallest absolute Gasteiger partial charge is 0.0698 e. The van der Waals surface area contributed by atoms with Gasteiger partial charge in [0.25, 0.3) is 0 Å². The van der Waals surface area contributed by atoms with Crippen LogP contribution in [0.1, 0.15) is 45.4 Å². The van der Waals surface area contributed by atoms with Gasteiger partial charge in [-0.05, 0) is 44.6 Å². The summed E-state index contributed by atoms with van der Waals surface area (Å²) in [5, 5.41) is 0. The quantitative estimate of drug-likeness (QED) is 0.820. The molecule has 3 nitrogen and oxygen atoms in total. The number of piperidine rings is 1. The van der Waals surface area contributed by atoms with Crippen molar-refractivity contribution in [2.24, 2.45) is 11.7 Å². The SMILES string of the molecule is CCC1CCC(N)C(N2CCCC(OC)C2)C1. The second kappa shape index (κ2) is 6.17. The topological polar surface area (TPSA) is 38.5 Å². The highest BCUT2D eigenvalue weighted by atomic mass is 16.5. The van der Waals surface area contributed by atoms with Crippen LogP contribution in [0.5, 0.6) is 0 Å². The van der Waals surface area contributed by atoms with Crippen LogP contribution in [-0.2, 0) is 4.74 Å². The van der Waals surface area contributed by atoms with Crippen molar-refractivity contribution in [2.75, 3.05) is 20.2 Å². The summed E-state index contributed by atoms with van der Waals surface area (Å²) < 4.78 is 5.52. The average Bonchev–Trinajstić information content (AvgIpc) is 2.39. The van der Waals surface area contributed by atoms with Crippen molar-refractivity contribution in [3.63, 3.8) is 0 Å². The van der Waals surface area contributed by atoms with E-state index in [1.807, 2.05) is 7.11 Å². The van der Waals surface area contributed by atoms with E-state index >= 15 is 0 Å².